The van der Waals surface area contributed by atoms with Crippen LogP contribution in [-0.2, 0) is 19.2 Å². The average molecular weight is 437 g/mol. The number of rotatable bonds is 10. The van der Waals surface area contributed by atoms with Crippen LogP contribution in [0.1, 0.15) is 48.9 Å². The van der Waals surface area contributed by atoms with E-state index in [1.165, 1.54) is 0 Å². The SMILES string of the molecule is O=CN[C@H](C(=O)NC1CCC(NC(=O)[C@H](NC=O)c2ccccc2)CC1)c1ccccc1. The zero-order valence-electron chi connectivity index (χ0n) is 17.7. The molecule has 1 aliphatic rings. The van der Waals surface area contributed by atoms with Crippen molar-refractivity contribution in [3.8, 4) is 0 Å². The highest BCUT2D eigenvalue weighted by Crippen LogP contribution is 2.21. The summed E-state index contributed by atoms with van der Waals surface area (Å²) >= 11 is 0. The highest BCUT2D eigenvalue weighted by molar-refractivity contribution is 5.86. The first-order valence-corrected chi connectivity index (χ1v) is 10.7. The maximum absolute atomic E-state index is 12.7. The fourth-order valence-corrected chi connectivity index (χ4v) is 4.02. The second-order valence-corrected chi connectivity index (χ2v) is 7.82. The first-order valence-electron chi connectivity index (χ1n) is 10.7. The Hall–Kier alpha value is -3.68. The summed E-state index contributed by atoms with van der Waals surface area (Å²) in [5.74, 6) is -0.509. The van der Waals surface area contributed by atoms with Crippen molar-refractivity contribution in [1.29, 1.82) is 0 Å². The summed E-state index contributed by atoms with van der Waals surface area (Å²) in [5, 5.41) is 11.2. The molecule has 8 heteroatoms. The molecule has 2 atom stereocenters. The quantitative estimate of drug-likeness (QED) is 0.423. The minimum Gasteiger partial charge on any atom is -0.351 e. The third kappa shape index (κ3) is 6.16. The van der Waals surface area contributed by atoms with Crippen LogP contribution in [0.4, 0.5) is 0 Å². The van der Waals surface area contributed by atoms with Gasteiger partial charge in [0.15, 0.2) is 0 Å². The maximum Gasteiger partial charge on any atom is 0.247 e. The number of hydrogen-bond donors (Lipinski definition) is 4. The molecule has 0 aliphatic heterocycles. The third-order valence-electron chi connectivity index (χ3n) is 5.68. The predicted octanol–water partition coefficient (Wildman–Crippen LogP) is 1.50. The van der Waals surface area contributed by atoms with Crippen molar-refractivity contribution < 1.29 is 19.2 Å². The van der Waals surface area contributed by atoms with Gasteiger partial charge in [-0.15, -0.1) is 0 Å². The van der Waals surface area contributed by atoms with Gasteiger partial charge in [-0.05, 0) is 36.8 Å². The van der Waals surface area contributed by atoms with Crippen molar-refractivity contribution in [2.45, 2.75) is 49.9 Å². The molecule has 0 saturated heterocycles. The van der Waals surface area contributed by atoms with Crippen LogP contribution in [0.15, 0.2) is 60.7 Å². The van der Waals surface area contributed by atoms with Gasteiger partial charge in [-0.2, -0.15) is 0 Å². The summed E-state index contributed by atoms with van der Waals surface area (Å²) in [4.78, 5) is 47.4. The molecule has 0 unspecified atom stereocenters. The Bertz CT molecular complexity index is 823. The lowest BCUT2D eigenvalue weighted by molar-refractivity contribution is -0.127. The lowest BCUT2D eigenvalue weighted by Gasteiger charge is -2.31. The van der Waals surface area contributed by atoms with Crippen molar-refractivity contribution in [3.63, 3.8) is 0 Å². The van der Waals surface area contributed by atoms with E-state index in [1.54, 1.807) is 24.3 Å². The van der Waals surface area contributed by atoms with Crippen molar-refractivity contribution in [1.82, 2.24) is 21.3 Å². The summed E-state index contributed by atoms with van der Waals surface area (Å²) in [6.45, 7) is 0. The van der Waals surface area contributed by atoms with Crippen LogP contribution in [0, 0.1) is 0 Å². The summed E-state index contributed by atoms with van der Waals surface area (Å²) in [6.07, 6.45) is 3.87. The maximum atomic E-state index is 12.7. The van der Waals surface area contributed by atoms with E-state index in [1.807, 2.05) is 36.4 Å². The Labute approximate surface area is 187 Å². The average Bonchev–Trinajstić information content (AvgIpc) is 2.83. The Morgan fingerprint density at radius 2 is 1.00 bits per heavy atom. The lowest BCUT2D eigenvalue weighted by atomic mass is 9.90. The Morgan fingerprint density at radius 1 is 0.656 bits per heavy atom. The zero-order chi connectivity index (χ0) is 22.8. The number of carbonyl (C=O) groups is 4. The van der Waals surface area contributed by atoms with Crippen LogP contribution < -0.4 is 21.3 Å². The van der Waals surface area contributed by atoms with Crippen LogP contribution in [-0.4, -0.2) is 36.7 Å². The molecule has 1 saturated carbocycles. The van der Waals surface area contributed by atoms with Gasteiger partial charge >= 0.3 is 0 Å². The molecule has 168 valence electrons. The van der Waals surface area contributed by atoms with E-state index in [0.717, 1.165) is 0 Å². The fraction of sp³-hybridized carbons (Fsp3) is 0.333. The summed E-state index contributed by atoms with van der Waals surface area (Å²) < 4.78 is 0. The number of benzene rings is 2. The molecule has 4 amide bonds. The second-order valence-electron chi connectivity index (χ2n) is 7.82. The molecule has 2 aromatic carbocycles. The monoisotopic (exact) mass is 436 g/mol. The second kappa shape index (κ2) is 11.6. The van der Waals surface area contributed by atoms with E-state index < -0.39 is 12.1 Å². The fourth-order valence-electron chi connectivity index (χ4n) is 4.02. The van der Waals surface area contributed by atoms with Crippen LogP contribution in [0.3, 0.4) is 0 Å². The van der Waals surface area contributed by atoms with Gasteiger partial charge in [0, 0.05) is 12.1 Å². The largest absolute Gasteiger partial charge is 0.351 e. The molecule has 3 rings (SSSR count). The van der Waals surface area contributed by atoms with Crippen molar-refractivity contribution in [3.05, 3.63) is 71.8 Å². The van der Waals surface area contributed by atoms with Gasteiger partial charge in [0.2, 0.25) is 24.6 Å². The standard InChI is InChI=1S/C24H28N4O4/c29-15-25-21(17-7-3-1-4-8-17)23(31)27-19-11-13-20(14-12-19)28-24(32)22(26-16-30)18-9-5-2-6-10-18/h1-10,15-16,19-22H,11-14H2,(H,25,29)(H,26,30)(H,27,31)(H,28,32)/t19?,20?,21-,22+. The van der Waals surface area contributed by atoms with Crippen LogP contribution in [0.2, 0.25) is 0 Å². The smallest absolute Gasteiger partial charge is 0.247 e. The van der Waals surface area contributed by atoms with Crippen molar-refractivity contribution in [2.24, 2.45) is 0 Å². The molecule has 8 nitrogen and oxygen atoms in total. The lowest BCUT2D eigenvalue weighted by Crippen LogP contribution is -2.48. The molecule has 32 heavy (non-hydrogen) atoms. The Morgan fingerprint density at radius 3 is 1.31 bits per heavy atom. The summed E-state index contributed by atoms with van der Waals surface area (Å²) in [5.41, 5.74) is 1.43. The Balaban J connectivity index is 1.52. The van der Waals surface area contributed by atoms with Gasteiger partial charge < -0.3 is 21.3 Å². The molecular weight excluding hydrogens is 408 g/mol. The third-order valence-corrected chi connectivity index (χ3v) is 5.68. The highest BCUT2D eigenvalue weighted by Gasteiger charge is 2.28. The van der Waals surface area contributed by atoms with Crippen LogP contribution in [0.25, 0.3) is 0 Å². The van der Waals surface area contributed by atoms with E-state index in [-0.39, 0.29) is 23.9 Å². The zero-order valence-corrected chi connectivity index (χ0v) is 17.7. The van der Waals surface area contributed by atoms with Crippen molar-refractivity contribution >= 4 is 24.6 Å². The molecule has 0 aromatic heterocycles. The molecule has 4 N–H and O–H groups in total. The minimum absolute atomic E-state index is 0.0339. The molecule has 1 fully saturated rings. The van der Waals surface area contributed by atoms with Crippen molar-refractivity contribution in [2.75, 3.05) is 0 Å². The van der Waals surface area contributed by atoms with Crippen LogP contribution >= 0.6 is 0 Å². The first-order chi connectivity index (χ1) is 15.6. The Kier molecular flexibility index (Phi) is 8.36. The van der Waals surface area contributed by atoms with E-state index in [9.17, 15) is 19.2 Å². The molecular formula is C24H28N4O4. The summed E-state index contributed by atoms with van der Waals surface area (Å²) in [6, 6.07) is 16.6. The topological polar surface area (TPSA) is 116 Å². The number of hydrogen-bond acceptors (Lipinski definition) is 4. The number of carbonyl (C=O) groups excluding carboxylic acids is 4. The minimum atomic E-state index is -0.743. The number of amides is 4. The predicted molar refractivity (Wildman–Crippen MR) is 119 cm³/mol. The van der Waals surface area contributed by atoms with Gasteiger partial charge in [-0.25, -0.2) is 0 Å². The van der Waals surface area contributed by atoms with Gasteiger partial charge in [0.05, 0.1) is 0 Å². The highest BCUT2D eigenvalue weighted by atomic mass is 16.2. The van der Waals surface area contributed by atoms with Gasteiger partial charge in [-0.3, -0.25) is 19.2 Å². The molecule has 1 aliphatic carbocycles. The molecule has 2 aromatic rings. The molecule has 0 heterocycles. The molecule has 0 bridgehead atoms. The first kappa shape index (κ1) is 23.0. The van der Waals surface area contributed by atoms with Gasteiger partial charge in [0.25, 0.3) is 0 Å². The van der Waals surface area contributed by atoms with Gasteiger partial charge in [0.1, 0.15) is 12.1 Å². The van der Waals surface area contributed by atoms with E-state index in [2.05, 4.69) is 21.3 Å². The van der Waals surface area contributed by atoms with Crippen LogP contribution in [0.5, 0.6) is 0 Å². The van der Waals surface area contributed by atoms with Gasteiger partial charge in [-0.1, -0.05) is 60.7 Å². The molecule has 0 spiro atoms. The number of nitrogens with one attached hydrogen (secondary N) is 4. The normalized spacial score (nSPS) is 19.6. The van der Waals surface area contributed by atoms with E-state index in [0.29, 0.717) is 49.6 Å². The molecule has 0 radical (unpaired) electrons. The van der Waals surface area contributed by atoms with E-state index in [4.69, 9.17) is 0 Å². The van der Waals surface area contributed by atoms with E-state index >= 15 is 0 Å². The summed E-state index contributed by atoms with van der Waals surface area (Å²) in [7, 11) is 0.